The Morgan fingerprint density at radius 3 is 2.76 bits per heavy atom. The van der Waals surface area contributed by atoms with E-state index in [4.69, 9.17) is 18.0 Å². The molecule has 0 saturated heterocycles. The molecule has 0 aliphatic heterocycles. The summed E-state index contributed by atoms with van der Waals surface area (Å²) in [6, 6.07) is 0. The van der Waals surface area contributed by atoms with E-state index < -0.39 is 5.41 Å². The number of nitrogens with zero attached hydrogens (tertiary/aromatic N) is 1. The summed E-state index contributed by atoms with van der Waals surface area (Å²) in [7, 11) is 0. The number of aromatic nitrogens is 1. The molecule has 1 amide bonds. The second-order valence-electron chi connectivity index (χ2n) is 4.38. The third kappa shape index (κ3) is 3.74. The highest BCUT2D eigenvalue weighted by Crippen LogP contribution is 2.15. The van der Waals surface area contributed by atoms with Crippen LogP contribution in [0.15, 0.2) is 5.38 Å². The monoisotopic (exact) mass is 271 g/mol. The molecule has 6 heteroatoms. The molecule has 1 aromatic rings. The van der Waals surface area contributed by atoms with Crippen LogP contribution in [0.1, 0.15) is 24.5 Å². The normalized spacial score (nSPS) is 11.2. The molecule has 4 nitrogen and oxygen atoms in total. The first kappa shape index (κ1) is 14.1. The van der Waals surface area contributed by atoms with Gasteiger partial charge in [0.2, 0.25) is 5.91 Å². The van der Waals surface area contributed by atoms with E-state index in [0.29, 0.717) is 6.54 Å². The second-order valence-corrected chi connectivity index (χ2v) is 5.76. The van der Waals surface area contributed by atoms with Gasteiger partial charge in [-0.25, -0.2) is 4.98 Å². The van der Waals surface area contributed by atoms with Gasteiger partial charge in [-0.2, -0.15) is 0 Å². The van der Waals surface area contributed by atoms with Gasteiger partial charge in [-0.3, -0.25) is 4.79 Å². The maximum atomic E-state index is 11.8. The number of thiocarbonyl (C=S) groups is 1. The van der Waals surface area contributed by atoms with Crippen molar-refractivity contribution in [1.82, 2.24) is 10.3 Å². The average Bonchev–Trinajstić information content (AvgIpc) is 2.63. The van der Waals surface area contributed by atoms with Crippen LogP contribution >= 0.6 is 23.6 Å². The fourth-order valence-corrected chi connectivity index (χ4v) is 2.00. The van der Waals surface area contributed by atoms with Crippen LogP contribution in [0.5, 0.6) is 0 Å². The third-order valence-corrected chi connectivity index (χ3v) is 4.01. The molecular formula is C11H17N3OS2. The van der Waals surface area contributed by atoms with Crippen molar-refractivity contribution in [2.45, 2.75) is 27.2 Å². The van der Waals surface area contributed by atoms with Crippen molar-refractivity contribution in [2.75, 3.05) is 6.54 Å². The highest BCUT2D eigenvalue weighted by Gasteiger charge is 2.30. The molecule has 0 atom stereocenters. The van der Waals surface area contributed by atoms with E-state index in [2.05, 4.69) is 10.3 Å². The molecule has 1 aromatic heterocycles. The summed E-state index contributed by atoms with van der Waals surface area (Å²) in [6.45, 7) is 5.95. The van der Waals surface area contributed by atoms with Gasteiger partial charge in [0.05, 0.1) is 15.4 Å². The summed E-state index contributed by atoms with van der Waals surface area (Å²) in [5, 5.41) is 5.84. The number of amides is 1. The molecule has 0 spiro atoms. The van der Waals surface area contributed by atoms with Crippen molar-refractivity contribution in [1.29, 1.82) is 0 Å². The molecule has 17 heavy (non-hydrogen) atoms. The SMILES string of the molecule is Cc1csc(CCNC(=O)C(C)(C)C(N)=S)n1. The van der Waals surface area contributed by atoms with Crippen molar-refractivity contribution in [2.24, 2.45) is 11.1 Å². The maximum absolute atomic E-state index is 11.8. The second kappa shape index (κ2) is 5.55. The van der Waals surface area contributed by atoms with Gasteiger partial charge in [0, 0.05) is 24.0 Å². The van der Waals surface area contributed by atoms with Crippen LogP contribution in [0.3, 0.4) is 0 Å². The lowest BCUT2D eigenvalue weighted by Gasteiger charge is -2.21. The number of carbonyl (C=O) groups is 1. The first-order valence-corrected chi connectivity index (χ1v) is 6.62. The first-order chi connectivity index (χ1) is 7.84. The minimum atomic E-state index is -0.797. The zero-order valence-electron chi connectivity index (χ0n) is 10.2. The largest absolute Gasteiger partial charge is 0.392 e. The smallest absolute Gasteiger partial charge is 0.232 e. The van der Waals surface area contributed by atoms with Crippen molar-refractivity contribution in [3.63, 3.8) is 0 Å². The van der Waals surface area contributed by atoms with Crippen LogP contribution in [-0.4, -0.2) is 22.4 Å². The Hall–Kier alpha value is -1.01. The quantitative estimate of drug-likeness (QED) is 0.795. The van der Waals surface area contributed by atoms with Gasteiger partial charge in [-0.1, -0.05) is 12.2 Å². The molecule has 0 aromatic carbocycles. The fraction of sp³-hybridized carbons (Fsp3) is 0.545. The molecule has 1 heterocycles. The zero-order valence-corrected chi connectivity index (χ0v) is 11.9. The molecule has 0 aliphatic rings. The van der Waals surface area contributed by atoms with E-state index in [0.717, 1.165) is 17.1 Å². The van der Waals surface area contributed by atoms with Gasteiger partial charge in [0.25, 0.3) is 0 Å². The van der Waals surface area contributed by atoms with E-state index >= 15 is 0 Å². The van der Waals surface area contributed by atoms with Gasteiger partial charge in [0.1, 0.15) is 0 Å². The van der Waals surface area contributed by atoms with Crippen molar-refractivity contribution >= 4 is 34.5 Å². The Morgan fingerprint density at radius 1 is 1.65 bits per heavy atom. The number of hydrogen-bond acceptors (Lipinski definition) is 4. The summed E-state index contributed by atoms with van der Waals surface area (Å²) in [5.41, 5.74) is 5.73. The van der Waals surface area contributed by atoms with Gasteiger partial charge in [-0.05, 0) is 20.8 Å². The number of nitrogens with two attached hydrogens (primary N) is 1. The van der Waals surface area contributed by atoms with Crippen molar-refractivity contribution < 1.29 is 4.79 Å². The molecule has 3 N–H and O–H groups in total. The lowest BCUT2D eigenvalue weighted by atomic mass is 9.92. The number of hydrogen-bond donors (Lipinski definition) is 2. The summed E-state index contributed by atoms with van der Waals surface area (Å²) in [6.07, 6.45) is 0.734. The number of thiazole rings is 1. The van der Waals surface area contributed by atoms with Gasteiger partial charge >= 0.3 is 0 Å². The van der Waals surface area contributed by atoms with E-state index in [1.807, 2.05) is 12.3 Å². The zero-order chi connectivity index (χ0) is 13.1. The predicted octanol–water partition coefficient (Wildman–Crippen LogP) is 1.42. The maximum Gasteiger partial charge on any atom is 0.232 e. The number of aryl methyl sites for hydroxylation is 1. The van der Waals surface area contributed by atoms with Crippen LogP contribution in [-0.2, 0) is 11.2 Å². The topological polar surface area (TPSA) is 68.0 Å². The van der Waals surface area contributed by atoms with Crippen molar-refractivity contribution in [3.8, 4) is 0 Å². The fourth-order valence-electron chi connectivity index (χ4n) is 1.13. The minimum Gasteiger partial charge on any atom is -0.392 e. The van der Waals surface area contributed by atoms with Crippen molar-refractivity contribution in [3.05, 3.63) is 16.1 Å². The number of nitrogens with one attached hydrogen (secondary N) is 1. The average molecular weight is 271 g/mol. The van der Waals surface area contributed by atoms with Crippen LogP contribution in [0.25, 0.3) is 0 Å². The molecule has 0 bridgehead atoms. The Labute approximate surface area is 111 Å². The molecular weight excluding hydrogens is 254 g/mol. The van der Waals surface area contributed by atoms with Gasteiger partial charge < -0.3 is 11.1 Å². The third-order valence-electron chi connectivity index (χ3n) is 2.47. The molecule has 94 valence electrons. The standard InChI is InChI=1S/C11H17N3OS2/c1-7-6-17-8(14-7)4-5-13-10(15)11(2,3)9(12)16/h6H,4-5H2,1-3H3,(H2,12,16)(H,13,15). The first-order valence-electron chi connectivity index (χ1n) is 5.33. The molecule has 0 unspecified atom stereocenters. The minimum absolute atomic E-state index is 0.140. The Balaban J connectivity index is 2.42. The van der Waals surface area contributed by atoms with E-state index in [1.165, 1.54) is 0 Å². The molecule has 0 radical (unpaired) electrons. The Morgan fingerprint density at radius 2 is 2.29 bits per heavy atom. The summed E-state index contributed by atoms with van der Waals surface area (Å²) in [4.78, 5) is 16.3. The molecule has 0 fully saturated rings. The number of rotatable bonds is 5. The van der Waals surface area contributed by atoms with Crippen LogP contribution in [0, 0.1) is 12.3 Å². The Bertz CT molecular complexity index is 426. The summed E-state index contributed by atoms with van der Waals surface area (Å²) in [5.74, 6) is -0.140. The van der Waals surface area contributed by atoms with Gasteiger partial charge in [0.15, 0.2) is 0 Å². The summed E-state index contributed by atoms with van der Waals surface area (Å²) < 4.78 is 0. The highest BCUT2D eigenvalue weighted by molar-refractivity contribution is 7.80. The lowest BCUT2D eigenvalue weighted by molar-refractivity contribution is -0.126. The molecule has 1 rings (SSSR count). The lowest BCUT2D eigenvalue weighted by Crippen LogP contribution is -2.45. The van der Waals surface area contributed by atoms with Crippen LogP contribution in [0.2, 0.25) is 0 Å². The van der Waals surface area contributed by atoms with E-state index in [9.17, 15) is 4.79 Å². The molecule has 0 aliphatic carbocycles. The van der Waals surface area contributed by atoms with E-state index in [-0.39, 0.29) is 10.9 Å². The van der Waals surface area contributed by atoms with Crippen LogP contribution in [0.4, 0.5) is 0 Å². The number of carbonyl (C=O) groups excluding carboxylic acids is 1. The molecule has 0 saturated carbocycles. The van der Waals surface area contributed by atoms with E-state index in [1.54, 1.807) is 25.2 Å². The Kier molecular flexibility index (Phi) is 4.59. The highest BCUT2D eigenvalue weighted by atomic mass is 32.1. The predicted molar refractivity (Wildman–Crippen MR) is 74.1 cm³/mol. The summed E-state index contributed by atoms with van der Waals surface area (Å²) >= 11 is 6.46. The van der Waals surface area contributed by atoms with Crippen LogP contribution < -0.4 is 11.1 Å². The van der Waals surface area contributed by atoms with Gasteiger partial charge in [-0.15, -0.1) is 11.3 Å².